The molecule has 1 aromatic rings. The van der Waals surface area contributed by atoms with Gasteiger partial charge in [0, 0.05) is 12.2 Å². The molecule has 1 unspecified atom stereocenters. The van der Waals surface area contributed by atoms with E-state index in [9.17, 15) is 0 Å². The Morgan fingerprint density at radius 1 is 0.950 bits per heavy atom. The summed E-state index contributed by atoms with van der Waals surface area (Å²) in [6, 6.07) is 8.35. The van der Waals surface area contributed by atoms with Crippen LogP contribution in [0.3, 0.4) is 0 Å². The lowest BCUT2D eigenvalue weighted by atomic mass is 10.1. The topological polar surface area (TPSA) is 12.0 Å². The molecule has 0 spiro atoms. The molecule has 20 heavy (non-hydrogen) atoms. The Bertz CT molecular complexity index is 349. The maximum atomic E-state index is 6.19. The van der Waals surface area contributed by atoms with Gasteiger partial charge in [-0.1, -0.05) is 70.1 Å². The molecule has 2 heteroatoms. The fourth-order valence-electron chi connectivity index (χ4n) is 2.49. The molecule has 0 amide bonds. The van der Waals surface area contributed by atoms with Crippen molar-refractivity contribution >= 4 is 17.3 Å². The molecule has 0 heterocycles. The number of anilines is 1. The minimum absolute atomic E-state index is 0.0669. The maximum Gasteiger partial charge on any atom is 0.0577 e. The predicted octanol–water partition coefficient (Wildman–Crippen LogP) is 6.54. The Labute approximate surface area is 130 Å². The number of para-hydroxylation sites is 1. The van der Waals surface area contributed by atoms with Gasteiger partial charge in [0.1, 0.15) is 0 Å². The minimum atomic E-state index is 0.0669. The van der Waals surface area contributed by atoms with Crippen LogP contribution < -0.4 is 5.32 Å². The van der Waals surface area contributed by atoms with Gasteiger partial charge in [0.05, 0.1) is 5.38 Å². The van der Waals surface area contributed by atoms with Crippen LogP contribution in [-0.2, 0) is 0 Å². The van der Waals surface area contributed by atoms with Gasteiger partial charge in [0.25, 0.3) is 0 Å². The van der Waals surface area contributed by atoms with Crippen molar-refractivity contribution in [2.75, 3.05) is 11.9 Å². The van der Waals surface area contributed by atoms with E-state index in [1.165, 1.54) is 62.6 Å². The predicted molar refractivity (Wildman–Crippen MR) is 91.8 cm³/mol. The summed E-state index contributed by atoms with van der Waals surface area (Å²) >= 11 is 6.19. The number of alkyl halides is 1. The van der Waals surface area contributed by atoms with Crippen molar-refractivity contribution in [2.45, 2.75) is 70.6 Å². The first-order chi connectivity index (χ1) is 9.75. The van der Waals surface area contributed by atoms with E-state index < -0.39 is 0 Å². The Balaban J connectivity index is 2.10. The van der Waals surface area contributed by atoms with Gasteiger partial charge in [-0.05, 0) is 25.0 Å². The first-order valence-electron chi connectivity index (χ1n) is 8.22. The van der Waals surface area contributed by atoms with Crippen molar-refractivity contribution in [3.8, 4) is 0 Å². The number of rotatable bonds is 11. The van der Waals surface area contributed by atoms with Crippen LogP contribution in [0.15, 0.2) is 24.3 Å². The molecule has 0 aliphatic rings. The molecule has 0 aliphatic heterocycles. The van der Waals surface area contributed by atoms with Crippen LogP contribution in [0.25, 0.3) is 0 Å². The fraction of sp³-hybridized carbons (Fsp3) is 0.667. The maximum absolute atomic E-state index is 6.19. The zero-order chi connectivity index (χ0) is 14.6. The van der Waals surface area contributed by atoms with Gasteiger partial charge in [-0.15, -0.1) is 11.6 Å². The van der Waals surface area contributed by atoms with Crippen molar-refractivity contribution < 1.29 is 0 Å². The van der Waals surface area contributed by atoms with Crippen LogP contribution >= 0.6 is 11.6 Å². The second-order valence-electron chi connectivity index (χ2n) is 5.60. The third kappa shape index (κ3) is 7.19. The highest BCUT2D eigenvalue weighted by molar-refractivity contribution is 6.21. The normalized spacial score (nSPS) is 12.3. The summed E-state index contributed by atoms with van der Waals surface area (Å²) in [5.41, 5.74) is 2.40. The van der Waals surface area contributed by atoms with Crippen LogP contribution in [0.5, 0.6) is 0 Å². The molecule has 0 saturated heterocycles. The Hall–Kier alpha value is -0.690. The van der Waals surface area contributed by atoms with Crippen LogP contribution in [0.2, 0.25) is 0 Å². The summed E-state index contributed by atoms with van der Waals surface area (Å²) in [6.07, 6.45) is 10.9. The molecule has 1 N–H and O–H groups in total. The molecular weight excluding hydrogens is 266 g/mol. The highest BCUT2D eigenvalue weighted by Crippen LogP contribution is 2.26. The summed E-state index contributed by atoms with van der Waals surface area (Å²) in [4.78, 5) is 0. The zero-order valence-electron chi connectivity index (χ0n) is 13.1. The molecule has 114 valence electrons. The smallest absolute Gasteiger partial charge is 0.0577 e. The average molecular weight is 296 g/mol. The number of halogens is 1. The van der Waals surface area contributed by atoms with E-state index in [1.54, 1.807) is 0 Å². The van der Waals surface area contributed by atoms with Gasteiger partial charge >= 0.3 is 0 Å². The highest BCUT2D eigenvalue weighted by Gasteiger charge is 2.06. The summed E-state index contributed by atoms with van der Waals surface area (Å²) in [6.45, 7) is 5.35. The lowest BCUT2D eigenvalue weighted by Gasteiger charge is -2.13. The van der Waals surface area contributed by atoms with Gasteiger partial charge in [-0.3, -0.25) is 0 Å². The first-order valence-corrected chi connectivity index (χ1v) is 8.66. The Morgan fingerprint density at radius 2 is 1.55 bits per heavy atom. The standard InChI is InChI=1S/C18H30ClN/c1-3-4-5-6-7-8-9-12-15-20-18-14-11-10-13-17(18)16(2)19/h10-11,13-14,16,20H,3-9,12,15H2,1-2H3. The minimum Gasteiger partial charge on any atom is -0.385 e. The monoisotopic (exact) mass is 295 g/mol. The lowest BCUT2D eigenvalue weighted by Crippen LogP contribution is -2.04. The van der Waals surface area contributed by atoms with E-state index in [4.69, 9.17) is 11.6 Å². The molecule has 0 bridgehead atoms. The molecule has 1 nitrogen and oxygen atoms in total. The molecule has 1 aromatic carbocycles. The quantitative estimate of drug-likeness (QED) is 0.361. The van der Waals surface area contributed by atoms with Crippen LogP contribution in [0, 0.1) is 0 Å². The number of hydrogen-bond acceptors (Lipinski definition) is 1. The van der Waals surface area contributed by atoms with Gasteiger partial charge in [-0.25, -0.2) is 0 Å². The van der Waals surface area contributed by atoms with E-state index in [0.717, 1.165) is 6.54 Å². The summed E-state index contributed by atoms with van der Waals surface area (Å²) in [5, 5.41) is 3.59. The van der Waals surface area contributed by atoms with Gasteiger partial charge in [0.2, 0.25) is 0 Å². The Kier molecular flexibility index (Phi) is 9.57. The molecule has 1 atom stereocenters. The van der Waals surface area contributed by atoms with Crippen LogP contribution in [0.4, 0.5) is 5.69 Å². The Morgan fingerprint density at radius 3 is 2.20 bits per heavy atom. The second-order valence-corrected chi connectivity index (χ2v) is 6.26. The average Bonchev–Trinajstić information content (AvgIpc) is 2.46. The van der Waals surface area contributed by atoms with Crippen molar-refractivity contribution in [2.24, 2.45) is 0 Å². The third-order valence-corrected chi connectivity index (χ3v) is 3.97. The van der Waals surface area contributed by atoms with E-state index in [1.807, 2.05) is 6.92 Å². The SMILES string of the molecule is CCCCCCCCCCNc1ccccc1C(C)Cl. The second kappa shape index (κ2) is 11.0. The van der Waals surface area contributed by atoms with Crippen molar-refractivity contribution in [3.05, 3.63) is 29.8 Å². The number of nitrogens with one attached hydrogen (secondary N) is 1. The molecule has 0 saturated carbocycles. The first kappa shape index (κ1) is 17.4. The van der Waals surface area contributed by atoms with Crippen molar-refractivity contribution in [1.29, 1.82) is 0 Å². The van der Waals surface area contributed by atoms with Crippen molar-refractivity contribution in [1.82, 2.24) is 0 Å². The molecule has 0 aliphatic carbocycles. The molecule has 0 fully saturated rings. The number of unbranched alkanes of at least 4 members (excludes halogenated alkanes) is 7. The van der Waals surface area contributed by atoms with Gasteiger partial charge in [0.15, 0.2) is 0 Å². The summed E-state index contributed by atoms with van der Waals surface area (Å²) in [5.74, 6) is 0. The molecular formula is C18H30ClN. The van der Waals surface area contributed by atoms with E-state index in [2.05, 4.69) is 36.5 Å². The van der Waals surface area contributed by atoms with Crippen LogP contribution in [0.1, 0.15) is 76.2 Å². The van der Waals surface area contributed by atoms with E-state index >= 15 is 0 Å². The molecule has 0 aromatic heterocycles. The largest absolute Gasteiger partial charge is 0.385 e. The third-order valence-electron chi connectivity index (χ3n) is 3.74. The number of benzene rings is 1. The van der Waals surface area contributed by atoms with E-state index in [-0.39, 0.29) is 5.38 Å². The zero-order valence-corrected chi connectivity index (χ0v) is 13.9. The fourth-order valence-corrected chi connectivity index (χ4v) is 2.68. The van der Waals surface area contributed by atoms with E-state index in [0.29, 0.717) is 0 Å². The lowest BCUT2D eigenvalue weighted by molar-refractivity contribution is 0.581. The number of hydrogen-bond donors (Lipinski definition) is 1. The van der Waals surface area contributed by atoms with Gasteiger partial charge in [-0.2, -0.15) is 0 Å². The highest BCUT2D eigenvalue weighted by atomic mass is 35.5. The van der Waals surface area contributed by atoms with Gasteiger partial charge < -0.3 is 5.32 Å². The summed E-state index contributed by atoms with van der Waals surface area (Å²) < 4.78 is 0. The molecule has 1 rings (SSSR count). The summed E-state index contributed by atoms with van der Waals surface area (Å²) in [7, 11) is 0. The van der Waals surface area contributed by atoms with Crippen LogP contribution in [-0.4, -0.2) is 6.54 Å². The molecule has 0 radical (unpaired) electrons. The van der Waals surface area contributed by atoms with Crippen molar-refractivity contribution in [3.63, 3.8) is 0 Å².